The number of anilines is 1. The maximum Gasteiger partial charge on any atom is 0.339 e. The van der Waals surface area contributed by atoms with Gasteiger partial charge in [-0.25, -0.2) is 9.59 Å². The van der Waals surface area contributed by atoms with Gasteiger partial charge in [0.15, 0.2) is 0 Å². The van der Waals surface area contributed by atoms with Gasteiger partial charge in [0.2, 0.25) is 0 Å². The number of urea groups is 1. The third kappa shape index (κ3) is 4.79. The lowest BCUT2D eigenvalue weighted by Crippen LogP contribution is -2.36. The van der Waals surface area contributed by atoms with E-state index >= 15 is 0 Å². The number of aromatic carboxylic acids is 1. The molecule has 0 aliphatic heterocycles. The van der Waals surface area contributed by atoms with Crippen molar-refractivity contribution in [2.45, 2.75) is 33.2 Å². The molecule has 2 amide bonds. The number of amides is 2. The molecule has 4 N–H and O–H groups in total. The molecule has 1 aromatic carbocycles. The van der Waals surface area contributed by atoms with Crippen LogP contribution < -0.4 is 10.6 Å². The van der Waals surface area contributed by atoms with Gasteiger partial charge < -0.3 is 20.8 Å². The topological polar surface area (TPSA) is 98.7 Å². The van der Waals surface area contributed by atoms with Crippen molar-refractivity contribution >= 4 is 17.7 Å². The Hall–Kier alpha value is -2.24. The molecule has 0 saturated carbocycles. The molecule has 0 aromatic heterocycles. The van der Waals surface area contributed by atoms with E-state index in [0.29, 0.717) is 11.6 Å². The largest absolute Gasteiger partial charge is 0.507 e. The van der Waals surface area contributed by atoms with Crippen LogP contribution in [0.3, 0.4) is 0 Å². The maximum absolute atomic E-state index is 11.7. The smallest absolute Gasteiger partial charge is 0.339 e. The van der Waals surface area contributed by atoms with Gasteiger partial charge in [0, 0.05) is 11.7 Å². The highest BCUT2D eigenvalue weighted by molar-refractivity contribution is 5.95. The highest BCUT2D eigenvalue weighted by atomic mass is 16.4. The van der Waals surface area contributed by atoms with E-state index in [0.717, 1.165) is 6.42 Å². The van der Waals surface area contributed by atoms with Gasteiger partial charge >= 0.3 is 12.0 Å². The van der Waals surface area contributed by atoms with Gasteiger partial charge in [0.25, 0.3) is 0 Å². The molecule has 20 heavy (non-hydrogen) atoms. The van der Waals surface area contributed by atoms with E-state index in [1.54, 1.807) is 0 Å². The van der Waals surface area contributed by atoms with Crippen LogP contribution in [-0.2, 0) is 0 Å². The Bertz CT molecular complexity index is 500. The fourth-order valence-electron chi connectivity index (χ4n) is 1.94. The van der Waals surface area contributed by atoms with Gasteiger partial charge in [-0.1, -0.05) is 13.8 Å². The summed E-state index contributed by atoms with van der Waals surface area (Å²) >= 11 is 0. The molecule has 0 heterocycles. The molecule has 1 aromatic rings. The van der Waals surface area contributed by atoms with E-state index in [4.69, 9.17) is 5.11 Å². The van der Waals surface area contributed by atoms with Gasteiger partial charge in [-0.3, -0.25) is 0 Å². The van der Waals surface area contributed by atoms with Gasteiger partial charge in [-0.15, -0.1) is 0 Å². The Balaban J connectivity index is 2.67. The number of rotatable bonds is 5. The van der Waals surface area contributed by atoms with Crippen LogP contribution >= 0.6 is 0 Å². The van der Waals surface area contributed by atoms with Crippen molar-refractivity contribution < 1.29 is 19.8 Å². The summed E-state index contributed by atoms with van der Waals surface area (Å²) in [5, 5.41) is 23.6. The summed E-state index contributed by atoms with van der Waals surface area (Å²) in [6.45, 7) is 6.03. The van der Waals surface area contributed by atoms with Gasteiger partial charge in [-0.2, -0.15) is 0 Å². The predicted molar refractivity (Wildman–Crippen MR) is 76.1 cm³/mol. The zero-order valence-corrected chi connectivity index (χ0v) is 11.8. The molecule has 0 bridgehead atoms. The molecule has 0 aliphatic rings. The predicted octanol–water partition coefficient (Wildman–Crippen LogP) is 2.65. The molecule has 1 atom stereocenters. The number of carboxylic acids is 1. The summed E-state index contributed by atoms with van der Waals surface area (Å²) < 4.78 is 0. The average molecular weight is 280 g/mol. The summed E-state index contributed by atoms with van der Waals surface area (Å²) in [6.07, 6.45) is 0.851. The lowest BCUT2D eigenvalue weighted by atomic mass is 10.1. The monoisotopic (exact) mass is 280 g/mol. The number of hydrogen-bond donors (Lipinski definition) is 4. The first kappa shape index (κ1) is 15.8. The quantitative estimate of drug-likeness (QED) is 0.623. The van der Waals surface area contributed by atoms with E-state index in [9.17, 15) is 14.7 Å². The minimum atomic E-state index is -1.25. The Morgan fingerprint density at radius 1 is 1.25 bits per heavy atom. The number of phenols is 1. The number of carbonyl (C=O) groups is 2. The second kappa shape index (κ2) is 6.79. The maximum atomic E-state index is 11.7. The summed E-state index contributed by atoms with van der Waals surface area (Å²) in [4.78, 5) is 22.6. The van der Waals surface area contributed by atoms with E-state index in [1.807, 2.05) is 6.92 Å². The fourth-order valence-corrected chi connectivity index (χ4v) is 1.94. The molecule has 0 fully saturated rings. The second-order valence-electron chi connectivity index (χ2n) is 5.17. The molecule has 0 spiro atoms. The first-order valence-electron chi connectivity index (χ1n) is 6.43. The second-order valence-corrected chi connectivity index (χ2v) is 5.17. The molecule has 0 aliphatic carbocycles. The van der Waals surface area contributed by atoms with Crippen molar-refractivity contribution in [2.75, 3.05) is 5.32 Å². The van der Waals surface area contributed by atoms with Crippen LogP contribution in [0.1, 0.15) is 37.6 Å². The van der Waals surface area contributed by atoms with E-state index in [2.05, 4.69) is 24.5 Å². The lowest BCUT2D eigenvalue weighted by Gasteiger charge is -2.16. The zero-order valence-electron chi connectivity index (χ0n) is 11.8. The van der Waals surface area contributed by atoms with Crippen LogP contribution in [0.5, 0.6) is 5.75 Å². The molecular weight excluding hydrogens is 260 g/mol. The summed E-state index contributed by atoms with van der Waals surface area (Å²) in [7, 11) is 0. The van der Waals surface area contributed by atoms with Crippen molar-refractivity contribution in [1.29, 1.82) is 0 Å². The van der Waals surface area contributed by atoms with Gasteiger partial charge in [0.05, 0.1) is 0 Å². The first-order valence-corrected chi connectivity index (χ1v) is 6.43. The number of nitrogens with one attached hydrogen (secondary N) is 2. The Morgan fingerprint density at radius 3 is 2.45 bits per heavy atom. The third-order valence-electron chi connectivity index (χ3n) is 2.69. The standard InChI is InChI=1S/C14H20N2O4/c1-8(2)6-9(3)15-14(20)16-10-4-5-12(17)11(7-10)13(18)19/h4-5,7-9,17H,6H2,1-3H3,(H,18,19)(H2,15,16,20). The van der Waals surface area contributed by atoms with Crippen molar-refractivity contribution in [3.8, 4) is 5.75 Å². The molecule has 6 heteroatoms. The molecule has 1 unspecified atom stereocenters. The van der Waals surface area contributed by atoms with E-state index in [1.165, 1.54) is 18.2 Å². The number of benzene rings is 1. The van der Waals surface area contributed by atoms with E-state index in [-0.39, 0.29) is 17.4 Å². The van der Waals surface area contributed by atoms with Crippen LogP contribution in [-0.4, -0.2) is 28.3 Å². The average Bonchev–Trinajstić information content (AvgIpc) is 2.29. The van der Waals surface area contributed by atoms with E-state index < -0.39 is 12.0 Å². The number of carbonyl (C=O) groups excluding carboxylic acids is 1. The zero-order chi connectivity index (χ0) is 15.3. The minimum Gasteiger partial charge on any atom is -0.507 e. The number of carboxylic acid groups (broad SMARTS) is 1. The molecule has 1 rings (SSSR count). The van der Waals surface area contributed by atoms with Crippen molar-refractivity contribution in [3.63, 3.8) is 0 Å². The molecular formula is C14H20N2O4. The van der Waals surface area contributed by atoms with Crippen LogP contribution in [0.2, 0.25) is 0 Å². The molecule has 0 saturated heterocycles. The SMILES string of the molecule is CC(C)CC(C)NC(=O)Nc1ccc(O)c(C(=O)O)c1. The summed E-state index contributed by atoms with van der Waals surface area (Å²) in [6, 6.07) is 3.50. The summed E-state index contributed by atoms with van der Waals surface area (Å²) in [5.74, 6) is -1.12. The number of aromatic hydroxyl groups is 1. The van der Waals surface area contributed by atoms with Crippen LogP contribution in [0.25, 0.3) is 0 Å². The van der Waals surface area contributed by atoms with Gasteiger partial charge in [0.1, 0.15) is 11.3 Å². The fraction of sp³-hybridized carbons (Fsp3) is 0.429. The number of hydrogen-bond acceptors (Lipinski definition) is 3. The molecule has 0 radical (unpaired) electrons. The highest BCUT2D eigenvalue weighted by Gasteiger charge is 2.13. The van der Waals surface area contributed by atoms with Crippen LogP contribution in [0.4, 0.5) is 10.5 Å². The highest BCUT2D eigenvalue weighted by Crippen LogP contribution is 2.21. The Labute approximate surface area is 117 Å². The van der Waals surface area contributed by atoms with Crippen molar-refractivity contribution in [1.82, 2.24) is 5.32 Å². The Kier molecular flexibility index (Phi) is 5.37. The van der Waals surface area contributed by atoms with Crippen molar-refractivity contribution in [3.05, 3.63) is 23.8 Å². The lowest BCUT2D eigenvalue weighted by molar-refractivity contribution is 0.0693. The molecule has 110 valence electrons. The van der Waals surface area contributed by atoms with Crippen molar-refractivity contribution in [2.24, 2.45) is 5.92 Å². The Morgan fingerprint density at radius 2 is 1.90 bits per heavy atom. The van der Waals surface area contributed by atoms with Crippen LogP contribution in [0.15, 0.2) is 18.2 Å². The third-order valence-corrected chi connectivity index (χ3v) is 2.69. The summed E-state index contributed by atoms with van der Waals surface area (Å²) in [5.41, 5.74) is 0.0625. The minimum absolute atomic E-state index is 0.0195. The van der Waals surface area contributed by atoms with Crippen LogP contribution in [0, 0.1) is 5.92 Å². The normalized spacial score (nSPS) is 12.0. The van der Waals surface area contributed by atoms with Gasteiger partial charge in [-0.05, 0) is 37.5 Å². The first-order chi connectivity index (χ1) is 9.29. The molecule has 6 nitrogen and oxygen atoms in total.